The van der Waals surface area contributed by atoms with Gasteiger partial charge in [0, 0.05) is 19.3 Å². The van der Waals surface area contributed by atoms with Crippen LogP contribution in [-0.2, 0) is 28.6 Å². The van der Waals surface area contributed by atoms with E-state index in [0.29, 0.717) is 19.3 Å². The van der Waals surface area contributed by atoms with Gasteiger partial charge in [-0.05, 0) is 103 Å². The molecule has 6 nitrogen and oxygen atoms in total. The van der Waals surface area contributed by atoms with Crippen LogP contribution >= 0.6 is 0 Å². The number of hydrogen-bond donors (Lipinski definition) is 0. The Balaban J connectivity index is 4.28. The minimum atomic E-state index is -0.781. The number of allylic oxidation sites excluding steroid dienone is 10. The summed E-state index contributed by atoms with van der Waals surface area (Å²) in [6, 6.07) is 0. The summed E-state index contributed by atoms with van der Waals surface area (Å²) in [5, 5.41) is 0. The molecule has 424 valence electrons. The van der Waals surface area contributed by atoms with Gasteiger partial charge in [-0.15, -0.1) is 0 Å². The van der Waals surface area contributed by atoms with Crippen LogP contribution in [0.4, 0.5) is 0 Å². The fraction of sp³-hybridized carbons (Fsp3) is 0.806. The van der Waals surface area contributed by atoms with Crippen molar-refractivity contribution < 1.29 is 28.6 Å². The number of carbonyl (C=O) groups is 3. The zero-order chi connectivity index (χ0) is 52.9. The maximum atomic E-state index is 12.9. The van der Waals surface area contributed by atoms with Crippen LogP contribution in [0.3, 0.4) is 0 Å². The second-order valence-corrected chi connectivity index (χ2v) is 21.3. The van der Waals surface area contributed by atoms with E-state index < -0.39 is 6.10 Å². The minimum Gasteiger partial charge on any atom is -0.462 e. The molecule has 0 aromatic heterocycles. The summed E-state index contributed by atoms with van der Waals surface area (Å²) in [5.74, 6) is -0.880. The average Bonchev–Trinajstić information content (AvgIpc) is 3.39. The van der Waals surface area contributed by atoms with Gasteiger partial charge in [0.05, 0.1) is 0 Å². The van der Waals surface area contributed by atoms with E-state index in [1.165, 1.54) is 212 Å². The molecular weight excluding hydrogens is 901 g/mol. The monoisotopic (exact) mass is 1020 g/mol. The van der Waals surface area contributed by atoms with Crippen molar-refractivity contribution in [2.75, 3.05) is 13.2 Å². The highest BCUT2D eigenvalue weighted by molar-refractivity contribution is 5.71. The first-order valence-electron chi connectivity index (χ1n) is 31.8. The molecule has 0 heterocycles. The fourth-order valence-corrected chi connectivity index (χ4v) is 9.13. The van der Waals surface area contributed by atoms with Crippen molar-refractivity contribution in [3.05, 3.63) is 60.8 Å². The summed E-state index contributed by atoms with van der Waals surface area (Å²) < 4.78 is 16.9. The van der Waals surface area contributed by atoms with E-state index in [1.54, 1.807) is 0 Å². The molecule has 0 bridgehead atoms. The molecule has 6 heteroatoms. The van der Waals surface area contributed by atoms with Crippen LogP contribution in [-0.4, -0.2) is 37.2 Å². The lowest BCUT2D eigenvalue weighted by atomic mass is 10.0. The number of unbranched alkanes of at least 4 members (excludes halogenated alkanes) is 37. The number of carbonyl (C=O) groups excluding carboxylic acids is 3. The SMILES string of the molecule is CCCC/C=C\CCCCCCCC(=O)OCC(COC(=O)CCCCCCCCCCCCC/C=C\C/C=C\CCCCCCC)OC(=O)CCCCCCCCCCC/C=C\C/C=C\CCCCCCC. The summed E-state index contributed by atoms with van der Waals surface area (Å²) in [6.07, 6.45) is 78.0. The van der Waals surface area contributed by atoms with Gasteiger partial charge in [-0.25, -0.2) is 0 Å². The molecule has 0 fully saturated rings. The predicted molar refractivity (Wildman–Crippen MR) is 316 cm³/mol. The molecule has 1 atom stereocenters. The van der Waals surface area contributed by atoms with E-state index in [-0.39, 0.29) is 31.1 Å². The number of hydrogen-bond acceptors (Lipinski definition) is 6. The Morgan fingerprint density at radius 3 is 0.808 bits per heavy atom. The quantitative estimate of drug-likeness (QED) is 0.0261. The van der Waals surface area contributed by atoms with E-state index in [9.17, 15) is 14.4 Å². The van der Waals surface area contributed by atoms with E-state index in [2.05, 4.69) is 81.5 Å². The highest BCUT2D eigenvalue weighted by Gasteiger charge is 2.19. The van der Waals surface area contributed by atoms with Crippen molar-refractivity contribution in [3.8, 4) is 0 Å². The topological polar surface area (TPSA) is 78.9 Å². The Kier molecular flexibility index (Phi) is 59.2. The number of esters is 3. The Morgan fingerprint density at radius 1 is 0.274 bits per heavy atom. The molecule has 0 saturated carbocycles. The van der Waals surface area contributed by atoms with Crippen LogP contribution in [0.1, 0.15) is 329 Å². The zero-order valence-electron chi connectivity index (χ0n) is 48.7. The third kappa shape index (κ3) is 59.9. The van der Waals surface area contributed by atoms with Crippen molar-refractivity contribution in [1.82, 2.24) is 0 Å². The van der Waals surface area contributed by atoms with Gasteiger partial charge < -0.3 is 14.2 Å². The molecule has 0 radical (unpaired) electrons. The Morgan fingerprint density at radius 2 is 0.507 bits per heavy atom. The third-order valence-electron chi connectivity index (χ3n) is 14.0. The molecule has 0 amide bonds. The Bertz CT molecular complexity index is 1310. The van der Waals surface area contributed by atoms with Crippen molar-refractivity contribution in [2.45, 2.75) is 335 Å². The maximum Gasteiger partial charge on any atom is 0.306 e. The zero-order valence-corrected chi connectivity index (χ0v) is 48.7. The average molecular weight is 1020 g/mol. The van der Waals surface area contributed by atoms with Crippen LogP contribution in [0.15, 0.2) is 60.8 Å². The summed E-state index contributed by atoms with van der Waals surface area (Å²) >= 11 is 0. The fourth-order valence-electron chi connectivity index (χ4n) is 9.13. The second-order valence-electron chi connectivity index (χ2n) is 21.3. The first kappa shape index (κ1) is 70.1. The maximum absolute atomic E-state index is 12.9. The largest absolute Gasteiger partial charge is 0.462 e. The minimum absolute atomic E-state index is 0.0780. The van der Waals surface area contributed by atoms with Crippen LogP contribution in [0.2, 0.25) is 0 Å². The van der Waals surface area contributed by atoms with E-state index in [1.807, 2.05) is 0 Å². The second kappa shape index (κ2) is 61.7. The van der Waals surface area contributed by atoms with Gasteiger partial charge >= 0.3 is 17.9 Å². The van der Waals surface area contributed by atoms with Crippen LogP contribution in [0.5, 0.6) is 0 Å². The van der Waals surface area contributed by atoms with Crippen molar-refractivity contribution in [3.63, 3.8) is 0 Å². The summed E-state index contributed by atoms with van der Waals surface area (Å²) in [7, 11) is 0. The predicted octanol–water partition coefficient (Wildman–Crippen LogP) is 21.6. The summed E-state index contributed by atoms with van der Waals surface area (Å²) in [4.78, 5) is 38.2. The molecule has 0 aliphatic rings. The highest BCUT2D eigenvalue weighted by Crippen LogP contribution is 2.16. The van der Waals surface area contributed by atoms with Crippen LogP contribution in [0, 0.1) is 0 Å². The summed E-state index contributed by atoms with van der Waals surface area (Å²) in [6.45, 7) is 6.61. The Labute approximate surface area is 453 Å². The van der Waals surface area contributed by atoms with Crippen molar-refractivity contribution >= 4 is 17.9 Å². The lowest BCUT2D eigenvalue weighted by Gasteiger charge is -2.18. The van der Waals surface area contributed by atoms with E-state index in [0.717, 1.165) is 77.0 Å². The molecule has 0 N–H and O–H groups in total. The molecule has 0 saturated heterocycles. The number of ether oxygens (including phenoxy) is 3. The molecular formula is C67H120O6. The molecule has 0 rings (SSSR count). The van der Waals surface area contributed by atoms with Crippen LogP contribution in [0.25, 0.3) is 0 Å². The smallest absolute Gasteiger partial charge is 0.306 e. The van der Waals surface area contributed by atoms with Gasteiger partial charge in [0.25, 0.3) is 0 Å². The first-order chi connectivity index (χ1) is 36.0. The van der Waals surface area contributed by atoms with E-state index in [4.69, 9.17) is 14.2 Å². The molecule has 0 aliphatic carbocycles. The van der Waals surface area contributed by atoms with Crippen molar-refractivity contribution in [1.29, 1.82) is 0 Å². The van der Waals surface area contributed by atoms with Gasteiger partial charge in [0.2, 0.25) is 0 Å². The van der Waals surface area contributed by atoms with E-state index >= 15 is 0 Å². The molecule has 0 aromatic carbocycles. The van der Waals surface area contributed by atoms with Gasteiger partial charge in [0.15, 0.2) is 6.10 Å². The third-order valence-corrected chi connectivity index (χ3v) is 14.0. The normalized spacial score (nSPS) is 12.4. The van der Waals surface area contributed by atoms with Gasteiger partial charge in [-0.2, -0.15) is 0 Å². The lowest BCUT2D eigenvalue weighted by Crippen LogP contribution is -2.30. The lowest BCUT2D eigenvalue weighted by molar-refractivity contribution is -0.167. The van der Waals surface area contributed by atoms with Crippen LogP contribution < -0.4 is 0 Å². The van der Waals surface area contributed by atoms with Crippen molar-refractivity contribution in [2.24, 2.45) is 0 Å². The molecule has 73 heavy (non-hydrogen) atoms. The van der Waals surface area contributed by atoms with Gasteiger partial charge in [-0.1, -0.05) is 268 Å². The first-order valence-corrected chi connectivity index (χ1v) is 31.8. The standard InChI is InChI=1S/C67H120O6/c1-4-7-10-13-16-19-22-24-26-28-30-32-33-35-36-38-40-42-45-48-51-54-57-60-66(69)72-63-64(62-71-65(68)59-56-53-50-47-44-21-18-15-12-9-6-3)73-67(70)61-58-55-52-49-46-43-41-39-37-34-31-29-27-25-23-20-17-14-11-8-5-2/h15,18,22-25,28-31,64H,4-14,16-17,19-21,26-27,32-63H2,1-3H3/b18-15-,24-22-,25-23-,30-28-,31-29-. The molecule has 0 aromatic rings. The Hall–Kier alpha value is -2.89. The summed E-state index contributed by atoms with van der Waals surface area (Å²) in [5.41, 5.74) is 0. The molecule has 0 spiro atoms. The molecule has 1 unspecified atom stereocenters. The van der Waals surface area contributed by atoms with Gasteiger partial charge in [-0.3, -0.25) is 14.4 Å². The highest BCUT2D eigenvalue weighted by atomic mass is 16.6. The number of rotatable bonds is 58. The van der Waals surface area contributed by atoms with Gasteiger partial charge in [0.1, 0.15) is 13.2 Å². The molecule has 0 aliphatic heterocycles.